The van der Waals surface area contributed by atoms with Gasteiger partial charge in [0.25, 0.3) is 5.91 Å². The molecule has 0 spiro atoms. The minimum absolute atomic E-state index is 0.0136. The first-order chi connectivity index (χ1) is 11.5. The van der Waals surface area contributed by atoms with Crippen LogP contribution >= 0.6 is 0 Å². The molecule has 126 valence electrons. The summed E-state index contributed by atoms with van der Waals surface area (Å²) >= 11 is 0. The molecular formula is C15H17N5O4. The molecule has 9 nitrogen and oxygen atoms in total. The summed E-state index contributed by atoms with van der Waals surface area (Å²) in [6, 6.07) is 7.92. The number of oxime groups is 1. The Morgan fingerprint density at radius 3 is 2.50 bits per heavy atom. The normalized spacial score (nSPS) is 11.1. The fraction of sp³-hybridized carbons (Fsp3) is 0.200. The minimum atomic E-state index is -0.702. The lowest BCUT2D eigenvalue weighted by Gasteiger charge is -2.05. The van der Waals surface area contributed by atoms with Crippen molar-refractivity contribution in [3.05, 3.63) is 47.8 Å². The first-order valence-electron chi connectivity index (χ1n) is 7.09. The molecule has 0 aliphatic rings. The van der Waals surface area contributed by atoms with Gasteiger partial charge in [-0.2, -0.15) is 5.10 Å². The molecule has 2 aromatic rings. The van der Waals surface area contributed by atoms with Crippen LogP contribution in [0.5, 0.6) is 5.75 Å². The van der Waals surface area contributed by atoms with E-state index >= 15 is 0 Å². The van der Waals surface area contributed by atoms with E-state index in [0.717, 1.165) is 0 Å². The highest BCUT2D eigenvalue weighted by molar-refractivity contribution is 5.98. The number of hydrogen-bond donors (Lipinski definition) is 2. The summed E-state index contributed by atoms with van der Waals surface area (Å²) in [5, 5.41) is 7.59. The number of carbonyl (C=O) groups is 2. The van der Waals surface area contributed by atoms with Crippen LogP contribution in [0.15, 0.2) is 41.7 Å². The number of carbonyl (C=O) groups excluding carboxylic acids is 2. The molecule has 0 radical (unpaired) electrons. The van der Waals surface area contributed by atoms with Gasteiger partial charge in [0.05, 0.1) is 0 Å². The third kappa shape index (κ3) is 4.57. The topological polar surface area (TPSA) is 135 Å². The van der Waals surface area contributed by atoms with Gasteiger partial charge in [0, 0.05) is 18.3 Å². The highest BCUT2D eigenvalue weighted by Gasteiger charge is 2.11. The molecule has 0 aliphatic carbocycles. The summed E-state index contributed by atoms with van der Waals surface area (Å²) in [5.74, 6) is -0.809. The monoisotopic (exact) mass is 331 g/mol. The largest absolute Gasteiger partial charge is 0.484 e. The predicted molar refractivity (Wildman–Crippen MR) is 85.2 cm³/mol. The van der Waals surface area contributed by atoms with Crippen molar-refractivity contribution in [3.8, 4) is 5.75 Å². The molecular weight excluding hydrogens is 314 g/mol. The predicted octanol–water partition coefficient (Wildman–Crippen LogP) is 0.244. The van der Waals surface area contributed by atoms with Crippen molar-refractivity contribution in [2.24, 2.45) is 16.6 Å². The van der Waals surface area contributed by atoms with Crippen molar-refractivity contribution >= 4 is 17.7 Å². The summed E-state index contributed by atoms with van der Waals surface area (Å²) in [4.78, 5) is 27.2. The van der Waals surface area contributed by atoms with E-state index in [1.807, 2.05) is 6.92 Å². The second-order valence-corrected chi connectivity index (χ2v) is 4.69. The van der Waals surface area contributed by atoms with Crippen molar-refractivity contribution in [2.75, 3.05) is 6.61 Å². The molecule has 1 aromatic carbocycles. The molecule has 0 fully saturated rings. The van der Waals surface area contributed by atoms with Gasteiger partial charge in [0.2, 0.25) is 0 Å². The summed E-state index contributed by atoms with van der Waals surface area (Å²) in [6.07, 6.45) is 1.66. The van der Waals surface area contributed by atoms with Gasteiger partial charge in [0.1, 0.15) is 5.75 Å². The zero-order chi connectivity index (χ0) is 17.5. The molecule has 4 N–H and O–H groups in total. The smallest absolute Gasteiger partial charge is 0.385 e. The Labute approximate surface area is 137 Å². The number of ether oxygens (including phenoxy) is 1. The van der Waals surface area contributed by atoms with Gasteiger partial charge in [-0.3, -0.25) is 9.48 Å². The number of hydrogen-bond acceptors (Lipinski definition) is 6. The Kier molecular flexibility index (Phi) is 5.50. The van der Waals surface area contributed by atoms with Crippen LogP contribution in [0.3, 0.4) is 0 Å². The van der Waals surface area contributed by atoms with Crippen LogP contribution in [0, 0.1) is 0 Å². The van der Waals surface area contributed by atoms with Gasteiger partial charge in [-0.1, -0.05) is 5.16 Å². The third-order valence-corrected chi connectivity index (χ3v) is 2.93. The molecule has 0 unspecified atom stereocenters. The molecule has 1 heterocycles. The Hall–Kier alpha value is -3.36. The number of nitrogens with zero attached hydrogens (tertiary/aromatic N) is 3. The van der Waals surface area contributed by atoms with Gasteiger partial charge in [-0.15, -0.1) is 0 Å². The highest BCUT2D eigenvalue weighted by atomic mass is 16.7. The Morgan fingerprint density at radius 1 is 1.21 bits per heavy atom. The molecule has 0 atom stereocenters. The van der Waals surface area contributed by atoms with E-state index in [9.17, 15) is 9.59 Å². The molecule has 1 amide bonds. The van der Waals surface area contributed by atoms with E-state index in [2.05, 4.69) is 10.3 Å². The van der Waals surface area contributed by atoms with Crippen LogP contribution in [0.1, 0.15) is 23.0 Å². The third-order valence-electron chi connectivity index (χ3n) is 2.93. The van der Waals surface area contributed by atoms with Crippen LogP contribution in [0.4, 0.5) is 0 Å². The lowest BCUT2D eigenvalue weighted by Crippen LogP contribution is -2.20. The maximum absolute atomic E-state index is 11.8. The van der Waals surface area contributed by atoms with Crippen molar-refractivity contribution in [1.82, 2.24) is 9.78 Å². The van der Waals surface area contributed by atoms with Crippen LogP contribution in [0.2, 0.25) is 0 Å². The fourth-order valence-electron chi connectivity index (χ4n) is 1.71. The average molecular weight is 331 g/mol. The molecule has 2 rings (SSSR count). The SMILES string of the molecule is CCn1ccc(C(=O)O/N=C(\N)c2ccc(OCC(N)=O)cc2)n1. The Balaban J connectivity index is 1.97. The maximum Gasteiger partial charge on any atom is 0.385 e. The van der Waals surface area contributed by atoms with Gasteiger partial charge in [-0.05, 0) is 37.3 Å². The van der Waals surface area contributed by atoms with E-state index in [1.54, 1.807) is 35.1 Å². The number of primary amides is 1. The molecule has 0 bridgehead atoms. The first-order valence-corrected chi connectivity index (χ1v) is 7.09. The standard InChI is InChI=1S/C15H17N5O4/c1-2-20-8-7-12(18-20)15(22)24-19-14(17)10-3-5-11(6-4-10)23-9-13(16)21/h3-8H,2,9H2,1H3,(H2,16,21)(H2,17,19). The van der Waals surface area contributed by atoms with Gasteiger partial charge >= 0.3 is 5.97 Å². The molecule has 1 aromatic heterocycles. The lowest BCUT2D eigenvalue weighted by molar-refractivity contribution is -0.119. The second-order valence-electron chi connectivity index (χ2n) is 4.69. The van der Waals surface area contributed by atoms with Crippen molar-refractivity contribution < 1.29 is 19.2 Å². The number of nitrogens with two attached hydrogens (primary N) is 2. The Morgan fingerprint density at radius 2 is 1.92 bits per heavy atom. The molecule has 9 heteroatoms. The number of amidine groups is 1. The molecule has 24 heavy (non-hydrogen) atoms. The number of benzene rings is 1. The van der Waals surface area contributed by atoms with Crippen LogP contribution < -0.4 is 16.2 Å². The number of aryl methyl sites for hydroxylation is 1. The average Bonchev–Trinajstić information content (AvgIpc) is 3.07. The van der Waals surface area contributed by atoms with E-state index in [-0.39, 0.29) is 18.1 Å². The lowest BCUT2D eigenvalue weighted by atomic mass is 10.2. The molecule has 0 saturated carbocycles. The van der Waals surface area contributed by atoms with Crippen molar-refractivity contribution in [3.63, 3.8) is 0 Å². The summed E-state index contributed by atoms with van der Waals surface area (Å²) in [5.41, 5.74) is 11.4. The second kappa shape index (κ2) is 7.77. The fourth-order valence-corrected chi connectivity index (χ4v) is 1.71. The number of rotatable bonds is 7. The summed E-state index contributed by atoms with van der Waals surface area (Å²) < 4.78 is 6.71. The van der Waals surface area contributed by atoms with Gasteiger partial charge < -0.3 is 21.0 Å². The zero-order valence-corrected chi connectivity index (χ0v) is 13.0. The van der Waals surface area contributed by atoms with E-state index < -0.39 is 11.9 Å². The van der Waals surface area contributed by atoms with Crippen molar-refractivity contribution in [1.29, 1.82) is 0 Å². The highest BCUT2D eigenvalue weighted by Crippen LogP contribution is 2.12. The minimum Gasteiger partial charge on any atom is -0.484 e. The molecule has 0 saturated heterocycles. The van der Waals surface area contributed by atoms with Crippen molar-refractivity contribution in [2.45, 2.75) is 13.5 Å². The number of amides is 1. The maximum atomic E-state index is 11.8. The number of aromatic nitrogens is 2. The summed E-state index contributed by atoms with van der Waals surface area (Å²) in [7, 11) is 0. The van der Waals surface area contributed by atoms with Crippen LogP contribution in [0.25, 0.3) is 0 Å². The zero-order valence-electron chi connectivity index (χ0n) is 13.0. The van der Waals surface area contributed by atoms with E-state index in [1.165, 1.54) is 6.07 Å². The van der Waals surface area contributed by atoms with Crippen LogP contribution in [-0.2, 0) is 16.2 Å². The van der Waals surface area contributed by atoms with Gasteiger partial charge in [0.15, 0.2) is 18.1 Å². The van der Waals surface area contributed by atoms with Crippen LogP contribution in [-0.4, -0.2) is 34.1 Å². The van der Waals surface area contributed by atoms with Gasteiger partial charge in [-0.25, -0.2) is 4.79 Å². The quantitative estimate of drug-likeness (QED) is 0.323. The first kappa shape index (κ1) is 17.0. The summed E-state index contributed by atoms with van der Waals surface area (Å²) in [6.45, 7) is 2.32. The van der Waals surface area contributed by atoms with E-state index in [4.69, 9.17) is 21.0 Å². The molecule has 0 aliphatic heterocycles. The Bertz CT molecular complexity index is 751. The van der Waals surface area contributed by atoms with E-state index in [0.29, 0.717) is 17.9 Å².